The Morgan fingerprint density at radius 3 is 2.34 bits per heavy atom. The molecule has 4 rings (SSSR count). The molecule has 7 heteroatoms. The van der Waals surface area contributed by atoms with Crippen molar-refractivity contribution < 1.29 is 20.6 Å². The molecule has 4 amide bonds. The minimum absolute atomic E-state index is 0. The first kappa shape index (κ1) is 21.1. The minimum atomic E-state index is -0.419. The van der Waals surface area contributed by atoms with E-state index in [4.69, 9.17) is 0 Å². The molecule has 2 heterocycles. The highest BCUT2D eigenvalue weighted by atomic mass is 16.2. The molecule has 7 nitrogen and oxygen atoms in total. The lowest BCUT2D eigenvalue weighted by atomic mass is 10.0. The molecule has 1 N–H and O–H groups in total. The third kappa shape index (κ3) is 4.60. The number of para-hydroxylation sites is 1. The number of carbonyl (C=O) groups is 4. The monoisotopic (exact) mass is 429 g/mol. The van der Waals surface area contributed by atoms with Crippen LogP contribution in [0.15, 0.2) is 60.7 Å². The molecule has 2 aliphatic heterocycles. The van der Waals surface area contributed by atoms with Gasteiger partial charge in [0.25, 0.3) is 11.8 Å². The number of nitrogens with zero attached hydrogens (tertiary/aromatic N) is 2. The third-order valence-corrected chi connectivity index (χ3v) is 5.30. The second-order valence-electron chi connectivity index (χ2n) is 7.42. The molecule has 0 saturated heterocycles. The average Bonchev–Trinajstić information content (AvgIpc) is 3.11. The molecule has 0 bridgehead atoms. The summed E-state index contributed by atoms with van der Waals surface area (Å²) < 4.78 is 0. The Balaban J connectivity index is 0.00000306. The van der Waals surface area contributed by atoms with E-state index in [0.717, 1.165) is 27.3 Å². The van der Waals surface area contributed by atoms with E-state index in [-0.39, 0.29) is 39.2 Å². The smallest absolute Gasteiger partial charge is 0.253 e. The SMILES string of the molecule is O=C(CCN1C(=O)C=CC1=O)NCCC(=O)N1Cc2ccccc2C#Cc2ccccc21.[HH]. The van der Waals surface area contributed by atoms with Crippen LogP contribution in [0.25, 0.3) is 0 Å². The lowest BCUT2D eigenvalue weighted by Crippen LogP contribution is -2.37. The van der Waals surface area contributed by atoms with Gasteiger partial charge in [0, 0.05) is 50.6 Å². The summed E-state index contributed by atoms with van der Waals surface area (Å²) in [5, 5.41) is 2.69. The van der Waals surface area contributed by atoms with Crippen LogP contribution in [-0.4, -0.2) is 41.6 Å². The number of imide groups is 1. The van der Waals surface area contributed by atoms with Gasteiger partial charge in [-0.2, -0.15) is 0 Å². The van der Waals surface area contributed by atoms with Crippen molar-refractivity contribution in [1.29, 1.82) is 0 Å². The van der Waals surface area contributed by atoms with Gasteiger partial charge in [0.15, 0.2) is 0 Å². The minimum Gasteiger partial charge on any atom is -0.356 e. The predicted molar refractivity (Wildman–Crippen MR) is 120 cm³/mol. The maximum atomic E-state index is 13.1. The first-order valence-electron chi connectivity index (χ1n) is 10.3. The van der Waals surface area contributed by atoms with Gasteiger partial charge in [-0.05, 0) is 23.8 Å². The summed E-state index contributed by atoms with van der Waals surface area (Å²) in [5.74, 6) is 5.04. The zero-order chi connectivity index (χ0) is 22.5. The Bertz CT molecular complexity index is 1180. The summed E-state index contributed by atoms with van der Waals surface area (Å²) in [6.07, 6.45) is 2.47. The number of nitrogens with one attached hydrogen (secondary N) is 1. The zero-order valence-electron chi connectivity index (χ0n) is 17.3. The van der Waals surface area contributed by atoms with E-state index < -0.39 is 11.8 Å². The number of anilines is 1. The Morgan fingerprint density at radius 1 is 0.906 bits per heavy atom. The van der Waals surface area contributed by atoms with E-state index in [1.165, 1.54) is 12.2 Å². The molecule has 0 saturated carbocycles. The summed E-state index contributed by atoms with van der Waals surface area (Å²) in [7, 11) is 0. The summed E-state index contributed by atoms with van der Waals surface area (Å²) in [4.78, 5) is 51.0. The summed E-state index contributed by atoms with van der Waals surface area (Å²) in [6.45, 7) is 0.560. The van der Waals surface area contributed by atoms with Gasteiger partial charge in [0.1, 0.15) is 0 Å². The number of fused-ring (bicyclic) bond motifs is 2. The van der Waals surface area contributed by atoms with Gasteiger partial charge in [-0.1, -0.05) is 42.2 Å². The van der Waals surface area contributed by atoms with Crippen molar-refractivity contribution in [2.45, 2.75) is 19.4 Å². The Kier molecular flexibility index (Phi) is 6.13. The Hall–Kier alpha value is -4.18. The quantitative estimate of drug-likeness (QED) is 0.562. The maximum absolute atomic E-state index is 13.1. The van der Waals surface area contributed by atoms with E-state index in [1.54, 1.807) is 4.90 Å². The second kappa shape index (κ2) is 9.31. The fourth-order valence-electron chi connectivity index (χ4n) is 3.60. The van der Waals surface area contributed by atoms with E-state index in [1.807, 2.05) is 48.5 Å². The maximum Gasteiger partial charge on any atom is 0.253 e. The van der Waals surface area contributed by atoms with Crippen LogP contribution in [0.3, 0.4) is 0 Å². The van der Waals surface area contributed by atoms with Crippen LogP contribution in [0.1, 0.15) is 31.0 Å². The van der Waals surface area contributed by atoms with Crippen molar-refractivity contribution in [1.82, 2.24) is 10.2 Å². The normalized spacial score (nSPS) is 14.1. The fraction of sp³-hybridized carbons (Fsp3) is 0.200. The first-order chi connectivity index (χ1) is 15.5. The number of hydrogen-bond acceptors (Lipinski definition) is 4. The number of hydrogen-bond donors (Lipinski definition) is 1. The molecule has 0 spiro atoms. The largest absolute Gasteiger partial charge is 0.356 e. The highest BCUT2D eigenvalue weighted by molar-refractivity contribution is 6.13. The van der Waals surface area contributed by atoms with Crippen LogP contribution < -0.4 is 10.2 Å². The van der Waals surface area contributed by atoms with Crippen LogP contribution in [0, 0.1) is 11.8 Å². The van der Waals surface area contributed by atoms with Crippen molar-refractivity contribution in [3.63, 3.8) is 0 Å². The second-order valence-corrected chi connectivity index (χ2v) is 7.42. The van der Waals surface area contributed by atoms with Gasteiger partial charge >= 0.3 is 0 Å². The lowest BCUT2D eigenvalue weighted by molar-refractivity contribution is -0.137. The van der Waals surface area contributed by atoms with Crippen LogP contribution in [0.4, 0.5) is 5.69 Å². The van der Waals surface area contributed by atoms with Crippen LogP contribution in [0.5, 0.6) is 0 Å². The summed E-state index contributed by atoms with van der Waals surface area (Å²) in [6, 6.07) is 15.2. The van der Waals surface area contributed by atoms with Gasteiger partial charge in [0.2, 0.25) is 11.8 Å². The molecule has 0 atom stereocenters. The molecule has 0 aliphatic carbocycles. The Labute approximate surface area is 187 Å². The van der Waals surface area contributed by atoms with Gasteiger partial charge in [-0.25, -0.2) is 0 Å². The molecule has 0 unspecified atom stereocenters. The predicted octanol–water partition coefficient (Wildman–Crippen LogP) is 2.00. The van der Waals surface area contributed by atoms with Crippen molar-refractivity contribution in [2.24, 2.45) is 0 Å². The number of carbonyl (C=O) groups excluding carboxylic acids is 4. The molecule has 0 radical (unpaired) electrons. The highest BCUT2D eigenvalue weighted by Crippen LogP contribution is 2.25. The lowest BCUT2D eigenvalue weighted by Gasteiger charge is -2.26. The number of rotatable bonds is 6. The number of amides is 4. The van der Waals surface area contributed by atoms with Crippen LogP contribution in [0.2, 0.25) is 0 Å². The van der Waals surface area contributed by atoms with Gasteiger partial charge in [-0.3, -0.25) is 24.1 Å². The molecule has 0 fully saturated rings. The van der Waals surface area contributed by atoms with Gasteiger partial charge in [0.05, 0.1) is 12.2 Å². The molecule has 2 aliphatic rings. The van der Waals surface area contributed by atoms with Crippen molar-refractivity contribution in [2.75, 3.05) is 18.0 Å². The van der Waals surface area contributed by atoms with E-state index in [9.17, 15) is 19.2 Å². The summed E-state index contributed by atoms with van der Waals surface area (Å²) in [5.41, 5.74) is 3.35. The van der Waals surface area contributed by atoms with Crippen LogP contribution in [-0.2, 0) is 25.7 Å². The molecule has 2 aromatic rings. The Morgan fingerprint density at radius 2 is 1.56 bits per heavy atom. The molecular formula is C25H23N3O4. The molecule has 0 aromatic heterocycles. The summed E-state index contributed by atoms with van der Waals surface area (Å²) >= 11 is 0. The van der Waals surface area contributed by atoms with Crippen molar-refractivity contribution >= 4 is 29.3 Å². The average molecular weight is 429 g/mol. The van der Waals surface area contributed by atoms with Gasteiger partial charge < -0.3 is 10.2 Å². The fourth-order valence-corrected chi connectivity index (χ4v) is 3.60. The van der Waals surface area contributed by atoms with E-state index >= 15 is 0 Å². The van der Waals surface area contributed by atoms with Crippen molar-refractivity contribution in [3.05, 3.63) is 77.4 Å². The molecule has 162 valence electrons. The zero-order valence-corrected chi connectivity index (χ0v) is 17.3. The molecular weight excluding hydrogens is 406 g/mol. The topological polar surface area (TPSA) is 86.8 Å². The van der Waals surface area contributed by atoms with E-state index in [0.29, 0.717) is 6.54 Å². The molecule has 2 aromatic carbocycles. The molecule has 32 heavy (non-hydrogen) atoms. The first-order valence-corrected chi connectivity index (χ1v) is 10.3. The highest BCUT2D eigenvalue weighted by Gasteiger charge is 2.24. The van der Waals surface area contributed by atoms with Crippen LogP contribution >= 0.6 is 0 Å². The van der Waals surface area contributed by atoms with Gasteiger partial charge in [-0.15, -0.1) is 0 Å². The third-order valence-electron chi connectivity index (χ3n) is 5.30. The standard InChI is InChI=1S/C25H21N3O4.H2/c29-22(14-16-27-23(30)11-12-24(27)31)26-15-13-25(32)28-17-20-7-2-1-5-18(20)9-10-19-6-3-4-8-21(19)28;/h1-8,11-12H,13-17H2,(H,26,29);1H. The van der Waals surface area contributed by atoms with Crippen molar-refractivity contribution in [3.8, 4) is 11.8 Å². The van der Waals surface area contributed by atoms with E-state index in [2.05, 4.69) is 17.2 Å². The number of benzene rings is 2.